The molecule has 1 fully saturated rings. The van der Waals surface area contributed by atoms with Crippen LogP contribution in [-0.4, -0.2) is 11.8 Å². The van der Waals surface area contributed by atoms with Gasteiger partial charge in [0.05, 0.1) is 12.1 Å². The fourth-order valence-electron chi connectivity index (χ4n) is 1.45. The molecule has 1 aliphatic rings. The minimum absolute atomic E-state index is 0.133. The third kappa shape index (κ3) is 2.19. The molecule has 0 aliphatic carbocycles. The van der Waals surface area contributed by atoms with Crippen LogP contribution in [0.15, 0.2) is 42.5 Å². The number of carbonyl (C=O) groups is 2. The zero-order valence-electron chi connectivity index (χ0n) is 9.56. The van der Waals surface area contributed by atoms with Crippen LogP contribution < -0.4 is 4.90 Å². The molecule has 0 unspecified atom stereocenters. The number of amides is 2. The molecule has 1 aromatic rings. The van der Waals surface area contributed by atoms with Gasteiger partial charge in [0, 0.05) is 5.57 Å². The van der Waals surface area contributed by atoms with E-state index in [-0.39, 0.29) is 18.2 Å². The molecule has 1 aromatic carbocycles. The van der Waals surface area contributed by atoms with Crippen molar-refractivity contribution in [3.05, 3.63) is 42.5 Å². The van der Waals surface area contributed by atoms with Crippen LogP contribution in [0.4, 0.5) is 5.69 Å². The number of benzene rings is 1. The molecule has 2 amide bonds. The van der Waals surface area contributed by atoms with E-state index in [2.05, 4.69) is 6.58 Å². The van der Waals surface area contributed by atoms with Gasteiger partial charge in [-0.2, -0.15) is 0 Å². The first-order valence-electron chi connectivity index (χ1n) is 5.30. The molecule has 2 rings (SSSR count). The molecule has 0 radical (unpaired) electrons. The van der Waals surface area contributed by atoms with E-state index in [0.717, 1.165) is 0 Å². The summed E-state index contributed by atoms with van der Waals surface area (Å²) in [6.45, 7) is 7.55. The molecular formula is C13H15NO2. The Labute approximate surface area is 95.4 Å². The van der Waals surface area contributed by atoms with Gasteiger partial charge in [0.1, 0.15) is 0 Å². The van der Waals surface area contributed by atoms with Gasteiger partial charge in [-0.1, -0.05) is 38.6 Å². The largest absolute Gasteiger partial charge is 0.274 e. The van der Waals surface area contributed by atoms with Crippen molar-refractivity contribution in [3.8, 4) is 0 Å². The first-order valence-corrected chi connectivity index (χ1v) is 5.30. The van der Waals surface area contributed by atoms with Crippen molar-refractivity contribution < 1.29 is 9.59 Å². The second-order valence-electron chi connectivity index (χ2n) is 3.15. The van der Waals surface area contributed by atoms with E-state index in [1.807, 2.05) is 19.9 Å². The van der Waals surface area contributed by atoms with Gasteiger partial charge in [-0.3, -0.25) is 9.59 Å². The summed E-state index contributed by atoms with van der Waals surface area (Å²) in [7, 11) is 0. The summed E-state index contributed by atoms with van der Waals surface area (Å²) in [6, 6.07) is 8.88. The molecule has 0 atom stereocenters. The Morgan fingerprint density at radius 3 is 2.12 bits per heavy atom. The van der Waals surface area contributed by atoms with Crippen molar-refractivity contribution in [2.75, 3.05) is 4.90 Å². The standard InChI is InChI=1S/C11H9NO2.C2H6/c1-8-7-10(13)12(11(8)14)9-5-3-2-4-6-9;1-2/h2-6H,1,7H2;1-2H3. The quantitative estimate of drug-likeness (QED) is 0.535. The smallest absolute Gasteiger partial charge is 0.260 e. The highest BCUT2D eigenvalue weighted by Gasteiger charge is 2.33. The molecular weight excluding hydrogens is 202 g/mol. The molecule has 16 heavy (non-hydrogen) atoms. The van der Waals surface area contributed by atoms with Crippen molar-refractivity contribution in [2.24, 2.45) is 0 Å². The number of hydrogen-bond acceptors (Lipinski definition) is 2. The molecule has 3 nitrogen and oxygen atoms in total. The van der Waals surface area contributed by atoms with Crippen LogP contribution in [0.3, 0.4) is 0 Å². The van der Waals surface area contributed by atoms with E-state index in [0.29, 0.717) is 11.3 Å². The lowest BCUT2D eigenvalue weighted by Crippen LogP contribution is -2.28. The number of carbonyl (C=O) groups excluding carboxylic acids is 2. The van der Waals surface area contributed by atoms with Crippen LogP contribution >= 0.6 is 0 Å². The van der Waals surface area contributed by atoms with Crippen molar-refractivity contribution in [3.63, 3.8) is 0 Å². The number of para-hydroxylation sites is 1. The van der Waals surface area contributed by atoms with Gasteiger partial charge in [-0.25, -0.2) is 4.90 Å². The summed E-state index contributed by atoms with van der Waals surface area (Å²) >= 11 is 0. The molecule has 1 aliphatic heterocycles. The maximum absolute atomic E-state index is 11.5. The molecule has 84 valence electrons. The van der Waals surface area contributed by atoms with Crippen molar-refractivity contribution in [1.29, 1.82) is 0 Å². The summed E-state index contributed by atoms with van der Waals surface area (Å²) in [4.78, 5) is 24.1. The van der Waals surface area contributed by atoms with E-state index >= 15 is 0 Å². The van der Waals surface area contributed by atoms with Crippen LogP contribution in [0.2, 0.25) is 0 Å². The average Bonchev–Trinajstić information content (AvgIpc) is 2.57. The van der Waals surface area contributed by atoms with Crippen molar-refractivity contribution in [2.45, 2.75) is 20.3 Å². The number of rotatable bonds is 1. The van der Waals surface area contributed by atoms with E-state index in [1.54, 1.807) is 24.3 Å². The highest BCUT2D eigenvalue weighted by molar-refractivity contribution is 6.27. The molecule has 1 saturated heterocycles. The Morgan fingerprint density at radius 1 is 1.12 bits per heavy atom. The summed E-state index contributed by atoms with van der Waals surface area (Å²) in [5.41, 5.74) is 0.972. The average molecular weight is 217 g/mol. The number of hydrogen-bond donors (Lipinski definition) is 0. The highest BCUT2D eigenvalue weighted by atomic mass is 16.2. The molecule has 0 saturated carbocycles. The van der Waals surface area contributed by atoms with Gasteiger partial charge in [0.2, 0.25) is 5.91 Å². The monoisotopic (exact) mass is 217 g/mol. The summed E-state index contributed by atoms with van der Waals surface area (Å²) in [5, 5.41) is 0. The molecule has 0 bridgehead atoms. The molecule has 1 heterocycles. The van der Waals surface area contributed by atoms with Gasteiger partial charge in [0.25, 0.3) is 5.91 Å². The van der Waals surface area contributed by atoms with Gasteiger partial charge >= 0.3 is 0 Å². The molecule has 0 aromatic heterocycles. The zero-order chi connectivity index (χ0) is 12.1. The van der Waals surface area contributed by atoms with Crippen LogP contribution in [-0.2, 0) is 9.59 Å². The second kappa shape index (κ2) is 5.26. The normalized spacial score (nSPS) is 14.9. The Bertz CT molecular complexity index is 409. The van der Waals surface area contributed by atoms with Gasteiger partial charge in [-0.05, 0) is 12.1 Å². The minimum Gasteiger partial charge on any atom is -0.274 e. The summed E-state index contributed by atoms with van der Waals surface area (Å²) < 4.78 is 0. The highest BCUT2D eigenvalue weighted by Crippen LogP contribution is 2.24. The van der Waals surface area contributed by atoms with Crippen LogP contribution in [0.5, 0.6) is 0 Å². The van der Waals surface area contributed by atoms with E-state index in [4.69, 9.17) is 0 Å². The zero-order valence-corrected chi connectivity index (χ0v) is 9.56. The van der Waals surface area contributed by atoms with Gasteiger partial charge in [0.15, 0.2) is 0 Å². The van der Waals surface area contributed by atoms with E-state index in [9.17, 15) is 9.59 Å². The Balaban J connectivity index is 0.000000606. The SMILES string of the molecule is C=C1CC(=O)N(c2ccccc2)C1=O.CC. The fourth-order valence-corrected chi connectivity index (χ4v) is 1.45. The molecule has 0 N–H and O–H groups in total. The summed E-state index contributed by atoms with van der Waals surface area (Å²) in [6.07, 6.45) is 0.133. The van der Waals surface area contributed by atoms with Gasteiger partial charge in [-0.15, -0.1) is 0 Å². The van der Waals surface area contributed by atoms with Gasteiger partial charge < -0.3 is 0 Å². The second-order valence-corrected chi connectivity index (χ2v) is 3.15. The third-order valence-electron chi connectivity index (χ3n) is 2.13. The predicted molar refractivity (Wildman–Crippen MR) is 64.0 cm³/mol. The first kappa shape index (κ1) is 12.2. The number of imide groups is 1. The fraction of sp³-hybridized carbons (Fsp3) is 0.231. The predicted octanol–water partition coefficient (Wildman–Crippen LogP) is 2.53. The van der Waals surface area contributed by atoms with Crippen LogP contribution in [0.25, 0.3) is 0 Å². The van der Waals surface area contributed by atoms with Crippen LogP contribution in [0, 0.1) is 0 Å². The minimum atomic E-state index is -0.291. The first-order chi connectivity index (χ1) is 7.70. The molecule has 0 spiro atoms. The summed E-state index contributed by atoms with van der Waals surface area (Å²) in [5.74, 6) is -0.493. The third-order valence-corrected chi connectivity index (χ3v) is 2.13. The molecule has 3 heteroatoms. The number of anilines is 1. The lowest BCUT2D eigenvalue weighted by Gasteiger charge is -2.12. The van der Waals surface area contributed by atoms with Crippen molar-refractivity contribution in [1.82, 2.24) is 0 Å². The maximum Gasteiger partial charge on any atom is 0.260 e. The Morgan fingerprint density at radius 2 is 1.69 bits per heavy atom. The number of nitrogens with zero attached hydrogens (tertiary/aromatic N) is 1. The lowest BCUT2D eigenvalue weighted by molar-refractivity contribution is -0.120. The van der Waals surface area contributed by atoms with Crippen molar-refractivity contribution >= 4 is 17.5 Å². The Hall–Kier alpha value is -1.90. The maximum atomic E-state index is 11.5. The van der Waals surface area contributed by atoms with Crippen LogP contribution in [0.1, 0.15) is 20.3 Å². The topological polar surface area (TPSA) is 37.4 Å². The van der Waals surface area contributed by atoms with E-state index in [1.165, 1.54) is 4.90 Å². The Kier molecular flexibility index (Phi) is 4.00. The van der Waals surface area contributed by atoms with E-state index < -0.39 is 0 Å². The lowest BCUT2D eigenvalue weighted by atomic mass is 10.3.